The SMILES string of the molecule is CC(C)CCS(=O)(=O)N(CCO)C(C)C. The highest BCUT2D eigenvalue weighted by Gasteiger charge is 2.23. The minimum absolute atomic E-state index is 0.0886. The fourth-order valence-corrected chi connectivity index (χ4v) is 3.32. The maximum absolute atomic E-state index is 11.9. The first kappa shape index (κ1) is 14.9. The lowest BCUT2D eigenvalue weighted by atomic mass is 10.2. The van der Waals surface area contributed by atoms with E-state index in [1.54, 1.807) is 0 Å². The van der Waals surface area contributed by atoms with Crippen LogP contribution in [0, 0.1) is 5.92 Å². The highest BCUT2D eigenvalue weighted by atomic mass is 32.2. The summed E-state index contributed by atoms with van der Waals surface area (Å²) in [6.07, 6.45) is 0.664. The van der Waals surface area contributed by atoms with Crippen molar-refractivity contribution in [2.75, 3.05) is 18.9 Å². The summed E-state index contributed by atoms with van der Waals surface area (Å²) in [6, 6.07) is -0.0886. The van der Waals surface area contributed by atoms with Gasteiger partial charge in [-0.25, -0.2) is 8.42 Å². The van der Waals surface area contributed by atoms with E-state index >= 15 is 0 Å². The molecule has 0 spiro atoms. The first-order valence-electron chi connectivity index (χ1n) is 5.41. The molecule has 92 valence electrons. The molecule has 0 aliphatic heterocycles. The van der Waals surface area contributed by atoms with Crippen molar-refractivity contribution in [1.82, 2.24) is 4.31 Å². The fourth-order valence-electron chi connectivity index (χ4n) is 1.32. The molecule has 0 aromatic heterocycles. The zero-order chi connectivity index (χ0) is 12.1. The van der Waals surface area contributed by atoms with Gasteiger partial charge in [0.15, 0.2) is 0 Å². The summed E-state index contributed by atoms with van der Waals surface area (Å²) in [5.74, 6) is 0.547. The Kier molecular flexibility index (Phi) is 6.40. The topological polar surface area (TPSA) is 57.6 Å². The molecule has 0 saturated heterocycles. The van der Waals surface area contributed by atoms with Crippen LogP contribution in [0.3, 0.4) is 0 Å². The van der Waals surface area contributed by atoms with Crippen LogP contribution in [0.4, 0.5) is 0 Å². The molecular formula is C10H23NO3S. The van der Waals surface area contributed by atoms with Crippen LogP contribution in [0.15, 0.2) is 0 Å². The number of aliphatic hydroxyl groups excluding tert-OH is 1. The molecule has 0 saturated carbocycles. The van der Waals surface area contributed by atoms with Gasteiger partial charge in [0.1, 0.15) is 0 Å². The second-order valence-electron chi connectivity index (χ2n) is 4.43. The Balaban J connectivity index is 4.50. The predicted octanol–water partition coefficient (Wildman–Crippen LogP) is 1.06. The highest BCUT2D eigenvalue weighted by molar-refractivity contribution is 7.89. The first-order valence-corrected chi connectivity index (χ1v) is 7.02. The Morgan fingerprint density at radius 3 is 2.07 bits per heavy atom. The van der Waals surface area contributed by atoms with Crippen molar-refractivity contribution in [3.05, 3.63) is 0 Å². The van der Waals surface area contributed by atoms with Gasteiger partial charge in [0.25, 0.3) is 0 Å². The van der Waals surface area contributed by atoms with Crippen LogP contribution < -0.4 is 0 Å². The van der Waals surface area contributed by atoms with E-state index in [1.807, 2.05) is 27.7 Å². The van der Waals surface area contributed by atoms with Crippen molar-refractivity contribution >= 4 is 10.0 Å². The minimum Gasteiger partial charge on any atom is -0.395 e. The molecule has 15 heavy (non-hydrogen) atoms. The zero-order valence-electron chi connectivity index (χ0n) is 10.1. The molecular weight excluding hydrogens is 214 g/mol. The van der Waals surface area contributed by atoms with Crippen molar-refractivity contribution in [1.29, 1.82) is 0 Å². The predicted molar refractivity (Wildman–Crippen MR) is 62.2 cm³/mol. The maximum Gasteiger partial charge on any atom is 0.214 e. The minimum atomic E-state index is -3.21. The van der Waals surface area contributed by atoms with Crippen molar-refractivity contribution in [3.63, 3.8) is 0 Å². The molecule has 0 amide bonds. The Labute approximate surface area is 93.3 Å². The number of nitrogens with zero attached hydrogens (tertiary/aromatic N) is 1. The molecule has 0 bridgehead atoms. The molecule has 0 aromatic rings. The lowest BCUT2D eigenvalue weighted by Crippen LogP contribution is -2.40. The molecule has 0 atom stereocenters. The van der Waals surface area contributed by atoms with E-state index in [-0.39, 0.29) is 24.9 Å². The molecule has 0 aliphatic carbocycles. The van der Waals surface area contributed by atoms with Crippen LogP contribution in [-0.4, -0.2) is 42.8 Å². The van der Waals surface area contributed by atoms with Crippen molar-refractivity contribution < 1.29 is 13.5 Å². The molecule has 0 radical (unpaired) electrons. The van der Waals surface area contributed by atoms with Gasteiger partial charge in [-0.15, -0.1) is 0 Å². The van der Waals surface area contributed by atoms with Crippen LogP contribution >= 0.6 is 0 Å². The summed E-state index contributed by atoms with van der Waals surface area (Å²) in [6.45, 7) is 7.71. The molecule has 0 heterocycles. The van der Waals surface area contributed by atoms with E-state index in [9.17, 15) is 8.42 Å². The van der Waals surface area contributed by atoms with Gasteiger partial charge in [-0.05, 0) is 26.2 Å². The number of aliphatic hydroxyl groups is 1. The van der Waals surface area contributed by atoms with E-state index in [0.29, 0.717) is 12.3 Å². The second kappa shape index (κ2) is 6.45. The summed E-state index contributed by atoms with van der Waals surface area (Å²) < 4.78 is 25.1. The van der Waals surface area contributed by atoms with E-state index < -0.39 is 10.0 Å². The van der Waals surface area contributed by atoms with Crippen LogP contribution in [0.5, 0.6) is 0 Å². The number of sulfonamides is 1. The van der Waals surface area contributed by atoms with Gasteiger partial charge in [-0.2, -0.15) is 4.31 Å². The Bertz CT molecular complexity index is 260. The lowest BCUT2D eigenvalue weighted by molar-refractivity contribution is 0.236. The standard InChI is InChI=1S/C10H23NO3S/c1-9(2)5-8-15(13,14)11(6-7-12)10(3)4/h9-10,12H,5-8H2,1-4H3. The van der Waals surface area contributed by atoms with Crippen LogP contribution in [0.2, 0.25) is 0 Å². The largest absolute Gasteiger partial charge is 0.395 e. The summed E-state index contributed by atoms with van der Waals surface area (Å²) in [4.78, 5) is 0. The van der Waals surface area contributed by atoms with E-state index in [4.69, 9.17) is 5.11 Å². The Morgan fingerprint density at radius 1 is 1.20 bits per heavy atom. The molecule has 1 N–H and O–H groups in total. The Hall–Kier alpha value is -0.130. The van der Waals surface area contributed by atoms with Crippen molar-refractivity contribution in [2.24, 2.45) is 5.92 Å². The molecule has 0 unspecified atom stereocenters. The van der Waals surface area contributed by atoms with Crippen LogP contribution in [0.1, 0.15) is 34.1 Å². The molecule has 0 aromatic carbocycles. The number of hydrogen-bond acceptors (Lipinski definition) is 3. The van der Waals surface area contributed by atoms with E-state index in [1.165, 1.54) is 4.31 Å². The van der Waals surface area contributed by atoms with E-state index in [2.05, 4.69) is 0 Å². The fraction of sp³-hybridized carbons (Fsp3) is 1.00. The molecule has 0 aliphatic rings. The number of rotatable bonds is 7. The van der Waals surface area contributed by atoms with Crippen molar-refractivity contribution in [2.45, 2.75) is 40.2 Å². The smallest absolute Gasteiger partial charge is 0.214 e. The monoisotopic (exact) mass is 237 g/mol. The second-order valence-corrected chi connectivity index (χ2v) is 6.47. The average molecular weight is 237 g/mol. The van der Waals surface area contributed by atoms with Gasteiger partial charge in [0.2, 0.25) is 10.0 Å². The molecule has 0 fully saturated rings. The first-order chi connectivity index (χ1) is 6.81. The maximum atomic E-state index is 11.9. The third-order valence-corrected chi connectivity index (χ3v) is 4.28. The summed E-state index contributed by atoms with van der Waals surface area (Å²) >= 11 is 0. The van der Waals surface area contributed by atoms with E-state index in [0.717, 1.165) is 0 Å². The normalized spacial score (nSPS) is 13.1. The van der Waals surface area contributed by atoms with Crippen LogP contribution in [-0.2, 0) is 10.0 Å². The highest BCUT2D eigenvalue weighted by Crippen LogP contribution is 2.11. The van der Waals surface area contributed by atoms with Crippen LogP contribution in [0.25, 0.3) is 0 Å². The van der Waals surface area contributed by atoms with Gasteiger partial charge in [-0.1, -0.05) is 13.8 Å². The molecule has 4 nitrogen and oxygen atoms in total. The summed E-state index contributed by atoms with van der Waals surface area (Å²) in [5.41, 5.74) is 0. The molecule has 5 heteroatoms. The quantitative estimate of drug-likeness (QED) is 0.720. The van der Waals surface area contributed by atoms with Gasteiger partial charge in [-0.3, -0.25) is 0 Å². The average Bonchev–Trinajstić information content (AvgIpc) is 2.10. The third kappa shape index (κ3) is 5.49. The summed E-state index contributed by atoms with van der Waals surface area (Å²) in [5, 5.41) is 8.82. The Morgan fingerprint density at radius 2 is 1.73 bits per heavy atom. The lowest BCUT2D eigenvalue weighted by Gasteiger charge is -2.25. The summed E-state index contributed by atoms with van der Waals surface area (Å²) in [7, 11) is -3.21. The van der Waals surface area contributed by atoms with Gasteiger partial charge in [0, 0.05) is 12.6 Å². The third-order valence-electron chi connectivity index (χ3n) is 2.21. The van der Waals surface area contributed by atoms with Gasteiger partial charge >= 0.3 is 0 Å². The number of hydrogen-bond donors (Lipinski definition) is 1. The van der Waals surface area contributed by atoms with Crippen molar-refractivity contribution in [3.8, 4) is 0 Å². The molecule has 0 rings (SSSR count). The zero-order valence-corrected chi connectivity index (χ0v) is 10.9. The van der Waals surface area contributed by atoms with Gasteiger partial charge in [0.05, 0.1) is 12.4 Å². The van der Waals surface area contributed by atoms with Gasteiger partial charge < -0.3 is 5.11 Å².